The predicted molar refractivity (Wildman–Crippen MR) is 168 cm³/mol. The smallest absolute Gasteiger partial charge is 0.408 e. The van der Waals surface area contributed by atoms with Gasteiger partial charge in [0.05, 0.1) is 7.11 Å². The lowest BCUT2D eigenvalue weighted by Crippen LogP contribution is -2.42. The van der Waals surface area contributed by atoms with Gasteiger partial charge in [0.25, 0.3) is 0 Å². The van der Waals surface area contributed by atoms with Gasteiger partial charge in [0.2, 0.25) is 0 Å². The summed E-state index contributed by atoms with van der Waals surface area (Å²) < 4.78 is 22.9. The molecule has 0 saturated heterocycles. The second-order valence-electron chi connectivity index (χ2n) is 10.4. The van der Waals surface area contributed by atoms with E-state index in [1.807, 2.05) is 103 Å². The third-order valence-electron chi connectivity index (χ3n) is 7.28. The first-order valence-corrected chi connectivity index (χ1v) is 14.7. The maximum absolute atomic E-state index is 12.6. The molecule has 226 valence electrons. The number of esters is 1. The Morgan fingerprint density at radius 2 is 1.39 bits per heavy atom. The van der Waals surface area contributed by atoms with Crippen molar-refractivity contribution >= 4 is 17.8 Å². The van der Waals surface area contributed by atoms with Gasteiger partial charge in [-0.05, 0) is 47.6 Å². The first-order valence-electron chi connectivity index (χ1n) is 14.7. The summed E-state index contributed by atoms with van der Waals surface area (Å²) in [7, 11) is 1.30. The number of alkyl carbamates (subject to hydrolysis) is 1. The fourth-order valence-corrected chi connectivity index (χ4v) is 5.02. The van der Waals surface area contributed by atoms with Crippen LogP contribution in [0.5, 0.6) is 11.5 Å². The van der Waals surface area contributed by atoms with Crippen LogP contribution >= 0.6 is 0 Å². The summed E-state index contributed by atoms with van der Waals surface area (Å²) in [6.45, 7) is 1.50. The predicted octanol–water partition coefficient (Wildman–Crippen LogP) is 6.44. The van der Waals surface area contributed by atoms with E-state index in [2.05, 4.69) is 5.32 Å². The van der Waals surface area contributed by atoms with E-state index in [4.69, 9.17) is 23.9 Å². The molecule has 8 heteroatoms. The topological polar surface area (TPSA) is 95.5 Å². The zero-order valence-corrected chi connectivity index (χ0v) is 24.7. The highest BCUT2D eigenvalue weighted by atomic mass is 16.6. The summed E-state index contributed by atoms with van der Waals surface area (Å²) in [5.41, 5.74) is 5.72. The van der Waals surface area contributed by atoms with E-state index in [1.54, 1.807) is 0 Å². The number of ether oxygens (including phenoxy) is 4. The number of carbonyl (C=O) groups excluding carboxylic acids is 2. The number of hydrogen-bond donors (Lipinski definition) is 1. The maximum Gasteiger partial charge on any atom is 0.408 e. The highest BCUT2D eigenvalue weighted by Gasteiger charge is 2.26. The third-order valence-corrected chi connectivity index (χ3v) is 7.28. The van der Waals surface area contributed by atoms with Crippen molar-refractivity contribution in [3.63, 3.8) is 0 Å². The minimum atomic E-state index is -0.904. The summed E-state index contributed by atoms with van der Waals surface area (Å²) in [5, 5.41) is 2.66. The lowest BCUT2D eigenvalue weighted by atomic mass is 9.92. The molecular formula is C36H36N2O6. The Morgan fingerprint density at radius 3 is 2.00 bits per heavy atom. The molecule has 4 aromatic carbocycles. The molecular weight excluding hydrogens is 556 g/mol. The minimum Gasteiger partial charge on any atom is -0.489 e. The molecule has 0 unspecified atom stereocenters. The monoisotopic (exact) mass is 592 g/mol. The second-order valence-corrected chi connectivity index (χ2v) is 10.4. The van der Waals surface area contributed by atoms with Crippen molar-refractivity contribution in [3.8, 4) is 11.5 Å². The molecule has 1 N–H and O–H groups in total. The van der Waals surface area contributed by atoms with E-state index in [-0.39, 0.29) is 13.0 Å². The number of methoxy groups -OCH3 is 1. The van der Waals surface area contributed by atoms with Gasteiger partial charge in [0.15, 0.2) is 0 Å². The van der Waals surface area contributed by atoms with Crippen molar-refractivity contribution in [2.75, 3.05) is 13.7 Å². The van der Waals surface area contributed by atoms with Gasteiger partial charge in [-0.2, -0.15) is 0 Å². The molecule has 0 bridgehead atoms. The minimum absolute atomic E-state index is 0.0947. The van der Waals surface area contributed by atoms with Crippen LogP contribution in [-0.4, -0.2) is 37.5 Å². The van der Waals surface area contributed by atoms with Crippen molar-refractivity contribution in [1.82, 2.24) is 5.32 Å². The summed E-state index contributed by atoms with van der Waals surface area (Å²) >= 11 is 0. The molecule has 5 rings (SSSR count). The van der Waals surface area contributed by atoms with Gasteiger partial charge >= 0.3 is 12.1 Å². The Morgan fingerprint density at radius 1 is 0.795 bits per heavy atom. The standard InChI is InChI=1S/C36H36N2O6/c1-41-35(39)32(38-36(40)44-25-28-15-9-4-10-16-28)18-17-31-34-29(19-20-37-31)21-30(42-23-26-11-5-2-6-12-26)22-33(34)43-24-27-13-7-3-8-14-27/h2-16,21-22,32H,17-20,23-25H2,1H3,(H,38,40)/t32-/m0/s1. The van der Waals surface area contributed by atoms with E-state index >= 15 is 0 Å². The highest BCUT2D eigenvalue weighted by Crippen LogP contribution is 2.34. The molecule has 1 aliphatic heterocycles. The molecule has 1 aliphatic rings. The number of rotatable bonds is 13. The number of carbonyl (C=O) groups is 2. The molecule has 1 amide bonds. The Labute approximate surface area is 257 Å². The van der Waals surface area contributed by atoms with Crippen LogP contribution in [0.15, 0.2) is 108 Å². The van der Waals surface area contributed by atoms with Crippen LogP contribution in [-0.2, 0) is 40.5 Å². The zero-order chi connectivity index (χ0) is 30.6. The van der Waals surface area contributed by atoms with Crippen molar-refractivity contribution < 1.29 is 28.5 Å². The average molecular weight is 593 g/mol. The van der Waals surface area contributed by atoms with Gasteiger partial charge < -0.3 is 24.3 Å². The Balaban J connectivity index is 1.31. The first kappa shape index (κ1) is 30.4. The number of fused-ring (bicyclic) bond motifs is 1. The largest absolute Gasteiger partial charge is 0.489 e. The Bertz CT molecular complexity index is 1560. The van der Waals surface area contributed by atoms with Crippen molar-refractivity contribution in [2.24, 2.45) is 4.99 Å². The fraction of sp³-hybridized carbons (Fsp3) is 0.250. The Kier molecular flexibility index (Phi) is 10.6. The van der Waals surface area contributed by atoms with Gasteiger partial charge in [-0.3, -0.25) is 4.99 Å². The molecule has 4 aromatic rings. The molecule has 0 fully saturated rings. The van der Waals surface area contributed by atoms with E-state index in [0.717, 1.165) is 39.9 Å². The molecule has 0 radical (unpaired) electrons. The molecule has 0 saturated carbocycles. The van der Waals surface area contributed by atoms with E-state index < -0.39 is 18.1 Å². The number of nitrogens with one attached hydrogen (secondary N) is 1. The molecule has 44 heavy (non-hydrogen) atoms. The van der Waals surface area contributed by atoms with Crippen LogP contribution in [0, 0.1) is 0 Å². The normalized spacial score (nSPS) is 12.7. The van der Waals surface area contributed by atoms with Gasteiger partial charge in [-0.15, -0.1) is 0 Å². The SMILES string of the molecule is COC(=O)[C@H](CCC1=NCCc2cc(OCc3ccccc3)cc(OCc3ccccc3)c21)NC(=O)OCc1ccccc1. The summed E-state index contributed by atoms with van der Waals surface area (Å²) in [6, 6.07) is 32.4. The molecule has 1 heterocycles. The van der Waals surface area contributed by atoms with Gasteiger partial charge in [0.1, 0.15) is 37.4 Å². The quantitative estimate of drug-likeness (QED) is 0.180. The van der Waals surface area contributed by atoms with Crippen LogP contribution in [0.4, 0.5) is 4.79 Å². The first-order chi connectivity index (χ1) is 21.6. The Hall–Kier alpha value is -5.11. The maximum atomic E-state index is 12.6. The van der Waals surface area contributed by atoms with Gasteiger partial charge in [-0.25, -0.2) is 9.59 Å². The van der Waals surface area contributed by atoms with E-state index in [1.165, 1.54) is 7.11 Å². The fourth-order valence-electron chi connectivity index (χ4n) is 5.02. The molecule has 8 nitrogen and oxygen atoms in total. The summed E-state index contributed by atoms with van der Waals surface area (Å²) in [6.07, 6.45) is 0.725. The molecule has 0 aromatic heterocycles. The number of hydrogen-bond acceptors (Lipinski definition) is 7. The van der Waals surface area contributed by atoms with Crippen LogP contribution in [0.25, 0.3) is 0 Å². The number of amides is 1. The number of nitrogens with zero attached hydrogens (tertiary/aromatic N) is 1. The van der Waals surface area contributed by atoms with Crippen LogP contribution in [0.3, 0.4) is 0 Å². The van der Waals surface area contributed by atoms with Crippen molar-refractivity contribution in [1.29, 1.82) is 0 Å². The lowest BCUT2D eigenvalue weighted by Gasteiger charge is -2.23. The van der Waals surface area contributed by atoms with Crippen molar-refractivity contribution in [3.05, 3.63) is 131 Å². The molecule has 1 atom stereocenters. The second kappa shape index (κ2) is 15.4. The van der Waals surface area contributed by atoms with Gasteiger partial charge in [-0.1, -0.05) is 91.0 Å². The zero-order valence-electron chi connectivity index (χ0n) is 24.7. The number of aliphatic imine (C=N–C) groups is 1. The highest BCUT2D eigenvalue weighted by molar-refractivity contribution is 6.05. The van der Waals surface area contributed by atoms with Crippen LogP contribution in [0.2, 0.25) is 0 Å². The number of benzene rings is 4. The third kappa shape index (κ3) is 8.47. The summed E-state index contributed by atoms with van der Waals surface area (Å²) in [4.78, 5) is 30.0. The van der Waals surface area contributed by atoms with Crippen LogP contribution in [0.1, 0.15) is 40.7 Å². The van der Waals surface area contributed by atoms with Gasteiger partial charge in [0, 0.05) is 23.9 Å². The average Bonchev–Trinajstić information content (AvgIpc) is 3.08. The lowest BCUT2D eigenvalue weighted by molar-refractivity contribution is -0.143. The van der Waals surface area contributed by atoms with E-state index in [0.29, 0.717) is 37.7 Å². The molecule has 0 aliphatic carbocycles. The van der Waals surface area contributed by atoms with Crippen molar-refractivity contribution in [2.45, 2.75) is 45.1 Å². The van der Waals surface area contributed by atoms with Crippen LogP contribution < -0.4 is 14.8 Å². The summed E-state index contributed by atoms with van der Waals surface area (Å²) in [5.74, 6) is 0.827. The van der Waals surface area contributed by atoms with E-state index in [9.17, 15) is 9.59 Å². The molecule has 0 spiro atoms.